The number of para-hydroxylation sites is 2. The van der Waals surface area contributed by atoms with Crippen molar-refractivity contribution in [3.8, 4) is 5.75 Å². The number of anilines is 1. The molecule has 0 aliphatic heterocycles. The van der Waals surface area contributed by atoms with Crippen LogP contribution in [0.2, 0.25) is 0 Å². The minimum absolute atomic E-state index is 0.221. The molecule has 0 amide bonds. The zero-order valence-corrected chi connectivity index (χ0v) is 14.8. The molecule has 4 rings (SSSR count). The normalized spacial score (nSPS) is 12.2. The molecule has 0 unspecified atom stereocenters. The molecule has 4 nitrogen and oxygen atoms in total. The molecular weight excluding hydrogens is 322 g/mol. The van der Waals surface area contributed by atoms with Gasteiger partial charge in [0.05, 0.1) is 6.04 Å². The van der Waals surface area contributed by atoms with Crippen LogP contribution in [0.4, 0.5) is 5.82 Å². The molecule has 4 heteroatoms. The molecule has 1 atom stereocenters. The van der Waals surface area contributed by atoms with Crippen LogP contribution in [0.1, 0.15) is 28.4 Å². The molecule has 0 saturated carbocycles. The number of aromatic hydroxyl groups is 1. The quantitative estimate of drug-likeness (QED) is 0.484. The summed E-state index contributed by atoms with van der Waals surface area (Å²) in [6.45, 7) is 4.10. The van der Waals surface area contributed by atoms with Gasteiger partial charge in [0.25, 0.3) is 0 Å². The van der Waals surface area contributed by atoms with Gasteiger partial charge in [-0.2, -0.15) is 0 Å². The zero-order valence-electron chi connectivity index (χ0n) is 14.8. The first-order chi connectivity index (χ1) is 12.6. The fourth-order valence-electron chi connectivity index (χ4n) is 3.47. The van der Waals surface area contributed by atoms with Crippen LogP contribution in [0.5, 0.6) is 5.75 Å². The molecule has 0 bridgehead atoms. The van der Waals surface area contributed by atoms with Crippen molar-refractivity contribution in [2.75, 3.05) is 5.32 Å². The molecule has 4 aromatic rings. The number of aromatic amines is 1. The van der Waals surface area contributed by atoms with Crippen molar-refractivity contribution in [2.45, 2.75) is 19.9 Å². The van der Waals surface area contributed by atoms with E-state index in [9.17, 15) is 5.11 Å². The minimum atomic E-state index is -0.221. The van der Waals surface area contributed by atoms with Crippen molar-refractivity contribution in [3.05, 3.63) is 89.2 Å². The topological polar surface area (TPSA) is 60.9 Å². The van der Waals surface area contributed by atoms with Crippen LogP contribution >= 0.6 is 0 Å². The number of H-pyrrole nitrogens is 1. The Morgan fingerprint density at radius 1 is 1.00 bits per heavy atom. The number of nitrogens with zero attached hydrogens (tertiary/aromatic N) is 1. The molecule has 2 heterocycles. The van der Waals surface area contributed by atoms with Gasteiger partial charge in [0.2, 0.25) is 0 Å². The van der Waals surface area contributed by atoms with E-state index in [0.29, 0.717) is 0 Å². The highest BCUT2D eigenvalue weighted by atomic mass is 16.3. The second kappa shape index (κ2) is 6.56. The number of aromatic nitrogens is 2. The van der Waals surface area contributed by atoms with E-state index in [1.807, 2.05) is 49.4 Å². The third-order valence-corrected chi connectivity index (χ3v) is 4.69. The largest absolute Gasteiger partial charge is 0.508 e. The summed E-state index contributed by atoms with van der Waals surface area (Å²) in [5.41, 5.74) is 5.22. The molecule has 130 valence electrons. The maximum atomic E-state index is 10.5. The lowest BCUT2D eigenvalue weighted by Crippen LogP contribution is -2.14. The maximum absolute atomic E-state index is 10.5. The number of phenolic OH excluding ortho intramolecular Hbond substituents is 1. The van der Waals surface area contributed by atoms with Crippen molar-refractivity contribution in [3.63, 3.8) is 0 Å². The van der Waals surface area contributed by atoms with Crippen LogP contribution in [-0.4, -0.2) is 15.1 Å². The third-order valence-electron chi connectivity index (χ3n) is 4.69. The Kier molecular flexibility index (Phi) is 4.09. The van der Waals surface area contributed by atoms with Crippen molar-refractivity contribution in [2.24, 2.45) is 0 Å². The van der Waals surface area contributed by atoms with E-state index in [0.717, 1.165) is 39.1 Å². The van der Waals surface area contributed by atoms with Gasteiger partial charge in [-0.05, 0) is 43.7 Å². The first kappa shape index (κ1) is 16.2. The highest BCUT2D eigenvalue weighted by molar-refractivity contribution is 5.86. The summed E-state index contributed by atoms with van der Waals surface area (Å²) >= 11 is 0. The average Bonchev–Trinajstić information content (AvgIpc) is 2.96. The first-order valence-electron chi connectivity index (χ1n) is 8.68. The summed E-state index contributed by atoms with van der Waals surface area (Å²) < 4.78 is 0. The second-order valence-electron chi connectivity index (χ2n) is 6.56. The van der Waals surface area contributed by atoms with E-state index in [-0.39, 0.29) is 11.8 Å². The van der Waals surface area contributed by atoms with E-state index in [1.54, 1.807) is 12.3 Å². The summed E-state index contributed by atoms with van der Waals surface area (Å²) in [7, 11) is 0. The Morgan fingerprint density at radius 2 is 1.77 bits per heavy atom. The first-order valence-corrected chi connectivity index (χ1v) is 8.68. The summed E-state index contributed by atoms with van der Waals surface area (Å²) in [4.78, 5) is 7.90. The molecule has 0 radical (unpaired) electrons. The predicted molar refractivity (Wildman–Crippen MR) is 106 cm³/mol. The number of hydrogen-bond donors (Lipinski definition) is 3. The van der Waals surface area contributed by atoms with E-state index in [2.05, 4.69) is 34.3 Å². The molecule has 26 heavy (non-hydrogen) atoms. The van der Waals surface area contributed by atoms with Crippen LogP contribution in [0.3, 0.4) is 0 Å². The van der Waals surface area contributed by atoms with Crippen molar-refractivity contribution < 1.29 is 5.11 Å². The lowest BCUT2D eigenvalue weighted by atomic mass is 9.95. The number of pyridine rings is 1. The van der Waals surface area contributed by atoms with Crippen LogP contribution < -0.4 is 5.32 Å². The fourth-order valence-corrected chi connectivity index (χ4v) is 3.47. The molecule has 0 saturated heterocycles. The molecule has 0 fully saturated rings. The van der Waals surface area contributed by atoms with Gasteiger partial charge >= 0.3 is 0 Å². The Balaban J connectivity index is 1.90. The lowest BCUT2D eigenvalue weighted by Gasteiger charge is -2.22. The summed E-state index contributed by atoms with van der Waals surface area (Å²) in [6, 6.07) is 19.4. The van der Waals surface area contributed by atoms with E-state index in [1.165, 1.54) is 0 Å². The molecule has 2 aromatic heterocycles. The van der Waals surface area contributed by atoms with Crippen molar-refractivity contribution in [1.29, 1.82) is 0 Å². The second-order valence-corrected chi connectivity index (χ2v) is 6.56. The van der Waals surface area contributed by atoms with Gasteiger partial charge in [-0.15, -0.1) is 0 Å². The Labute approximate surface area is 152 Å². The SMILES string of the molecule is Cc1ccnc(N[C@@H](c2ccccc2O)c2c(C)[nH]c3ccccc23)c1. The van der Waals surface area contributed by atoms with E-state index >= 15 is 0 Å². The number of rotatable bonds is 4. The van der Waals surface area contributed by atoms with E-state index in [4.69, 9.17) is 0 Å². The van der Waals surface area contributed by atoms with Gasteiger partial charge in [0.15, 0.2) is 0 Å². The number of phenols is 1. The van der Waals surface area contributed by atoms with Gasteiger partial charge < -0.3 is 15.4 Å². The Hall–Kier alpha value is -3.27. The smallest absolute Gasteiger partial charge is 0.126 e. The summed E-state index contributed by atoms with van der Waals surface area (Å²) in [5.74, 6) is 1.05. The number of nitrogens with one attached hydrogen (secondary N) is 2. The number of fused-ring (bicyclic) bond motifs is 1. The Bertz CT molecular complexity index is 1070. The van der Waals surface area contributed by atoms with Crippen LogP contribution in [0.25, 0.3) is 10.9 Å². The predicted octanol–water partition coefficient (Wildman–Crippen LogP) is 5.09. The molecule has 0 aliphatic carbocycles. The lowest BCUT2D eigenvalue weighted by molar-refractivity contribution is 0.466. The average molecular weight is 343 g/mol. The molecule has 2 aromatic carbocycles. The molecular formula is C22H21N3O. The van der Waals surface area contributed by atoms with Gasteiger partial charge in [-0.1, -0.05) is 36.4 Å². The summed E-state index contributed by atoms with van der Waals surface area (Å²) in [5, 5.41) is 15.2. The zero-order chi connectivity index (χ0) is 18.1. The molecule has 0 aliphatic rings. The van der Waals surface area contributed by atoms with Crippen molar-refractivity contribution in [1.82, 2.24) is 9.97 Å². The monoisotopic (exact) mass is 343 g/mol. The minimum Gasteiger partial charge on any atom is -0.508 e. The Morgan fingerprint density at radius 3 is 2.58 bits per heavy atom. The van der Waals surface area contributed by atoms with Crippen LogP contribution in [0.15, 0.2) is 66.9 Å². The maximum Gasteiger partial charge on any atom is 0.126 e. The summed E-state index contributed by atoms with van der Waals surface area (Å²) in [6.07, 6.45) is 1.79. The van der Waals surface area contributed by atoms with Gasteiger partial charge in [-0.25, -0.2) is 4.98 Å². The molecule has 3 N–H and O–H groups in total. The highest BCUT2D eigenvalue weighted by Crippen LogP contribution is 2.37. The molecule has 0 spiro atoms. The number of aryl methyl sites for hydroxylation is 2. The fraction of sp³-hybridized carbons (Fsp3) is 0.136. The van der Waals surface area contributed by atoms with Gasteiger partial charge in [0.1, 0.15) is 11.6 Å². The van der Waals surface area contributed by atoms with Crippen LogP contribution in [-0.2, 0) is 0 Å². The van der Waals surface area contributed by atoms with Crippen molar-refractivity contribution >= 4 is 16.7 Å². The number of benzene rings is 2. The third kappa shape index (κ3) is 2.90. The van der Waals surface area contributed by atoms with Gasteiger partial charge in [-0.3, -0.25) is 0 Å². The standard InChI is InChI=1S/C22H21N3O/c1-14-11-12-23-20(13-14)25-22(17-8-4-6-10-19(17)26)21-15(2)24-18-9-5-3-7-16(18)21/h3-13,22,24,26H,1-2H3,(H,23,25)/t22-/m0/s1. The van der Waals surface area contributed by atoms with Gasteiger partial charge in [0, 0.05) is 33.9 Å². The van der Waals surface area contributed by atoms with E-state index < -0.39 is 0 Å². The van der Waals surface area contributed by atoms with Crippen LogP contribution in [0, 0.1) is 13.8 Å². The number of hydrogen-bond acceptors (Lipinski definition) is 3. The highest BCUT2D eigenvalue weighted by Gasteiger charge is 2.23.